The standard InChI is InChI=1S/C23H23NO3S/c1-17(27-21-8-6-7-20(15-21)26-2)23(25)24-19-13-11-18(12-14-19)16-28-22-9-4-3-5-10-22/h3-15,17H,16H2,1-2H3,(H,24,25)/t17-/m0/s1. The minimum Gasteiger partial charge on any atom is -0.497 e. The minimum atomic E-state index is -0.625. The quantitative estimate of drug-likeness (QED) is 0.521. The Hall–Kier alpha value is -2.92. The number of hydrogen-bond donors (Lipinski definition) is 1. The average molecular weight is 394 g/mol. The van der Waals surface area contributed by atoms with Gasteiger partial charge in [0.25, 0.3) is 5.91 Å². The summed E-state index contributed by atoms with van der Waals surface area (Å²) < 4.78 is 10.9. The van der Waals surface area contributed by atoms with E-state index < -0.39 is 6.10 Å². The van der Waals surface area contributed by atoms with Crippen molar-refractivity contribution in [3.05, 3.63) is 84.4 Å². The molecular weight excluding hydrogens is 370 g/mol. The van der Waals surface area contributed by atoms with Crippen LogP contribution in [0.2, 0.25) is 0 Å². The summed E-state index contributed by atoms with van der Waals surface area (Å²) in [7, 11) is 1.59. The highest BCUT2D eigenvalue weighted by molar-refractivity contribution is 7.98. The predicted molar refractivity (Wildman–Crippen MR) is 114 cm³/mol. The minimum absolute atomic E-state index is 0.200. The van der Waals surface area contributed by atoms with E-state index in [-0.39, 0.29) is 5.91 Å². The number of carbonyl (C=O) groups is 1. The van der Waals surface area contributed by atoms with E-state index in [1.165, 1.54) is 10.5 Å². The molecule has 3 aromatic rings. The molecule has 0 aliphatic rings. The zero-order chi connectivity index (χ0) is 19.8. The zero-order valence-electron chi connectivity index (χ0n) is 15.9. The molecule has 0 aliphatic heterocycles. The molecule has 0 saturated heterocycles. The van der Waals surface area contributed by atoms with Crippen LogP contribution in [0, 0.1) is 0 Å². The van der Waals surface area contributed by atoms with Crippen LogP contribution in [-0.2, 0) is 10.5 Å². The van der Waals surface area contributed by atoms with Crippen molar-refractivity contribution in [2.75, 3.05) is 12.4 Å². The maximum absolute atomic E-state index is 12.4. The highest BCUT2D eigenvalue weighted by Crippen LogP contribution is 2.23. The molecule has 0 unspecified atom stereocenters. The van der Waals surface area contributed by atoms with Crippen LogP contribution in [0.15, 0.2) is 83.8 Å². The fraction of sp³-hybridized carbons (Fsp3) is 0.174. The second-order valence-electron chi connectivity index (χ2n) is 6.23. The first-order chi connectivity index (χ1) is 13.6. The van der Waals surface area contributed by atoms with Crippen molar-refractivity contribution >= 4 is 23.4 Å². The number of hydrogen-bond acceptors (Lipinski definition) is 4. The molecule has 4 nitrogen and oxygen atoms in total. The Morgan fingerprint density at radius 3 is 2.39 bits per heavy atom. The van der Waals surface area contributed by atoms with E-state index in [4.69, 9.17) is 9.47 Å². The van der Waals surface area contributed by atoms with E-state index in [0.29, 0.717) is 11.5 Å². The molecule has 0 aliphatic carbocycles. The summed E-state index contributed by atoms with van der Waals surface area (Å²) in [5.74, 6) is 1.96. The van der Waals surface area contributed by atoms with Gasteiger partial charge in [0.05, 0.1) is 7.11 Å². The van der Waals surface area contributed by atoms with E-state index in [0.717, 1.165) is 11.4 Å². The van der Waals surface area contributed by atoms with Gasteiger partial charge in [-0.15, -0.1) is 11.8 Å². The maximum Gasteiger partial charge on any atom is 0.265 e. The Balaban J connectivity index is 1.51. The fourth-order valence-corrected chi connectivity index (χ4v) is 3.42. The van der Waals surface area contributed by atoms with Gasteiger partial charge in [-0.05, 0) is 48.9 Å². The Morgan fingerprint density at radius 2 is 1.68 bits per heavy atom. The summed E-state index contributed by atoms with van der Waals surface area (Å²) in [4.78, 5) is 13.6. The number of thioether (sulfide) groups is 1. The average Bonchev–Trinajstić information content (AvgIpc) is 2.74. The van der Waals surface area contributed by atoms with Crippen LogP contribution in [0.5, 0.6) is 11.5 Å². The molecule has 3 rings (SSSR count). The summed E-state index contributed by atoms with van der Waals surface area (Å²) in [5, 5.41) is 2.89. The van der Waals surface area contributed by atoms with Crippen molar-refractivity contribution in [2.24, 2.45) is 0 Å². The lowest BCUT2D eigenvalue weighted by atomic mass is 10.2. The molecule has 0 aromatic heterocycles. The van der Waals surface area contributed by atoms with Crippen molar-refractivity contribution in [3.8, 4) is 11.5 Å². The summed E-state index contributed by atoms with van der Waals surface area (Å²) in [6.07, 6.45) is -0.625. The molecule has 5 heteroatoms. The van der Waals surface area contributed by atoms with Gasteiger partial charge in [0.15, 0.2) is 6.10 Å². The van der Waals surface area contributed by atoms with Crippen molar-refractivity contribution in [1.82, 2.24) is 0 Å². The third-order valence-electron chi connectivity index (χ3n) is 4.09. The number of methoxy groups -OCH3 is 1. The van der Waals surface area contributed by atoms with Gasteiger partial charge in [-0.25, -0.2) is 0 Å². The van der Waals surface area contributed by atoms with Gasteiger partial charge >= 0.3 is 0 Å². The zero-order valence-corrected chi connectivity index (χ0v) is 16.7. The first kappa shape index (κ1) is 19.8. The Bertz CT molecular complexity index is 897. The molecule has 1 N–H and O–H groups in total. The molecule has 0 spiro atoms. The number of ether oxygens (including phenoxy) is 2. The number of anilines is 1. The van der Waals surface area contributed by atoms with E-state index in [1.54, 1.807) is 37.9 Å². The maximum atomic E-state index is 12.4. The van der Waals surface area contributed by atoms with Crippen molar-refractivity contribution in [3.63, 3.8) is 0 Å². The molecular formula is C23H23NO3S. The van der Waals surface area contributed by atoms with Crippen LogP contribution < -0.4 is 14.8 Å². The lowest BCUT2D eigenvalue weighted by molar-refractivity contribution is -0.122. The molecule has 3 aromatic carbocycles. The van der Waals surface area contributed by atoms with Crippen molar-refractivity contribution in [1.29, 1.82) is 0 Å². The van der Waals surface area contributed by atoms with Gasteiger partial charge in [0, 0.05) is 22.4 Å². The van der Waals surface area contributed by atoms with E-state index in [9.17, 15) is 4.79 Å². The van der Waals surface area contributed by atoms with E-state index in [2.05, 4.69) is 17.4 Å². The third kappa shape index (κ3) is 5.79. The van der Waals surface area contributed by atoms with E-state index >= 15 is 0 Å². The van der Waals surface area contributed by atoms with Crippen LogP contribution in [-0.4, -0.2) is 19.1 Å². The number of carbonyl (C=O) groups excluding carboxylic acids is 1. The highest BCUT2D eigenvalue weighted by atomic mass is 32.2. The first-order valence-corrected chi connectivity index (χ1v) is 10.0. The monoisotopic (exact) mass is 393 g/mol. The SMILES string of the molecule is COc1cccc(O[C@@H](C)C(=O)Nc2ccc(CSc3ccccc3)cc2)c1. The molecule has 1 atom stereocenters. The second-order valence-corrected chi connectivity index (χ2v) is 7.28. The summed E-state index contributed by atoms with van der Waals surface area (Å²) in [5.41, 5.74) is 1.95. The Labute approximate surface area is 169 Å². The van der Waals surface area contributed by atoms with Gasteiger partial charge in [-0.3, -0.25) is 4.79 Å². The number of nitrogens with one attached hydrogen (secondary N) is 1. The topological polar surface area (TPSA) is 47.6 Å². The van der Waals surface area contributed by atoms with Crippen LogP contribution in [0.25, 0.3) is 0 Å². The first-order valence-electron chi connectivity index (χ1n) is 9.02. The largest absolute Gasteiger partial charge is 0.497 e. The molecule has 28 heavy (non-hydrogen) atoms. The summed E-state index contributed by atoms with van der Waals surface area (Å²) in [6.45, 7) is 1.72. The lowest BCUT2D eigenvalue weighted by Crippen LogP contribution is -2.30. The van der Waals surface area contributed by atoms with Gasteiger partial charge in [0.1, 0.15) is 11.5 Å². The predicted octanol–water partition coefficient (Wildman–Crippen LogP) is 5.39. The lowest BCUT2D eigenvalue weighted by Gasteiger charge is -2.15. The molecule has 0 saturated carbocycles. The van der Waals surface area contributed by atoms with Gasteiger partial charge in [0.2, 0.25) is 0 Å². The Morgan fingerprint density at radius 1 is 0.964 bits per heavy atom. The van der Waals surface area contributed by atoms with Crippen molar-refractivity contribution in [2.45, 2.75) is 23.7 Å². The fourth-order valence-electron chi connectivity index (χ4n) is 2.54. The second kappa shape index (κ2) is 9.85. The van der Waals surface area contributed by atoms with Crippen LogP contribution in [0.3, 0.4) is 0 Å². The number of rotatable bonds is 8. The molecule has 0 heterocycles. The molecule has 0 fully saturated rings. The molecule has 1 amide bonds. The highest BCUT2D eigenvalue weighted by Gasteiger charge is 2.15. The normalized spacial score (nSPS) is 11.5. The van der Waals surface area contributed by atoms with Gasteiger partial charge in [-0.1, -0.05) is 36.4 Å². The van der Waals surface area contributed by atoms with Crippen LogP contribution >= 0.6 is 11.8 Å². The molecule has 0 radical (unpaired) electrons. The van der Waals surface area contributed by atoms with E-state index in [1.807, 2.05) is 54.6 Å². The third-order valence-corrected chi connectivity index (χ3v) is 5.18. The molecule has 0 bridgehead atoms. The Kier molecular flexibility index (Phi) is 6.98. The van der Waals surface area contributed by atoms with Crippen LogP contribution in [0.1, 0.15) is 12.5 Å². The van der Waals surface area contributed by atoms with Crippen molar-refractivity contribution < 1.29 is 14.3 Å². The number of amides is 1. The van der Waals surface area contributed by atoms with Gasteiger partial charge in [-0.2, -0.15) is 0 Å². The summed E-state index contributed by atoms with van der Waals surface area (Å²) >= 11 is 1.78. The van der Waals surface area contributed by atoms with Gasteiger partial charge < -0.3 is 14.8 Å². The smallest absolute Gasteiger partial charge is 0.265 e. The summed E-state index contributed by atoms with van der Waals surface area (Å²) in [6, 6.07) is 25.4. The van der Waals surface area contributed by atoms with Crippen LogP contribution in [0.4, 0.5) is 5.69 Å². The number of benzene rings is 3. The molecule has 144 valence electrons.